The van der Waals surface area contributed by atoms with Crippen molar-refractivity contribution < 1.29 is 13.2 Å². The largest absolute Gasteiger partial charge is 0.324 e. The smallest absolute Gasteiger partial charge is 0.241 e. The molecule has 0 saturated carbocycles. The van der Waals surface area contributed by atoms with Crippen LogP contribution in [0.3, 0.4) is 0 Å². The second-order valence-corrected chi connectivity index (χ2v) is 8.79. The molecule has 2 N–H and O–H groups in total. The van der Waals surface area contributed by atoms with Gasteiger partial charge < -0.3 is 10.6 Å². The molecule has 2 rings (SSSR count). The topological polar surface area (TPSA) is 78.5 Å². The van der Waals surface area contributed by atoms with E-state index >= 15 is 0 Å². The number of para-hydroxylation sites is 1. The van der Waals surface area contributed by atoms with E-state index in [1.165, 1.54) is 12.5 Å². The molecule has 1 amide bonds. The lowest BCUT2D eigenvalue weighted by molar-refractivity contribution is -0.121. The summed E-state index contributed by atoms with van der Waals surface area (Å²) >= 11 is 0. The van der Waals surface area contributed by atoms with E-state index in [9.17, 15) is 13.2 Å². The molecule has 0 radical (unpaired) electrons. The van der Waals surface area contributed by atoms with E-state index in [0.717, 1.165) is 38.7 Å². The minimum Gasteiger partial charge on any atom is -0.324 e. The predicted molar refractivity (Wildman–Crippen MR) is 100 cm³/mol. The highest BCUT2D eigenvalue weighted by Gasteiger charge is 2.27. The minimum absolute atomic E-state index is 0.154. The molecule has 0 aliphatic carbocycles. The Kier molecular flexibility index (Phi) is 6.98. The van der Waals surface area contributed by atoms with Gasteiger partial charge in [0.15, 0.2) is 9.84 Å². The van der Waals surface area contributed by atoms with E-state index in [-0.39, 0.29) is 16.8 Å². The van der Waals surface area contributed by atoms with Crippen LogP contribution in [-0.2, 0) is 14.6 Å². The van der Waals surface area contributed by atoms with Gasteiger partial charge in [-0.15, -0.1) is 0 Å². The predicted octanol–water partition coefficient (Wildman–Crippen LogP) is 1.74. The van der Waals surface area contributed by atoms with Crippen molar-refractivity contribution in [2.75, 3.05) is 38.3 Å². The maximum atomic E-state index is 12.6. The summed E-state index contributed by atoms with van der Waals surface area (Å²) in [6, 6.07) is 6.25. The number of hydrogen-bond donors (Lipinski definition) is 2. The number of nitrogens with zero attached hydrogens (tertiary/aromatic N) is 1. The Morgan fingerprint density at radius 1 is 1.28 bits per heavy atom. The standard InChI is InChI=1S/C18H29N3O3S/c1-14(21-12-9-15(10-13-21)8-11-19-2)18(22)20-16-6-4-5-7-17(16)25(3,23)24/h4-7,14-15,19H,8-13H2,1-3H3,(H,20,22). The maximum absolute atomic E-state index is 12.6. The number of benzene rings is 1. The molecule has 0 bridgehead atoms. The molecule has 1 heterocycles. The van der Waals surface area contributed by atoms with Crippen molar-refractivity contribution in [2.45, 2.75) is 37.1 Å². The molecule has 1 aliphatic heterocycles. The number of rotatable bonds is 7. The number of carbonyl (C=O) groups is 1. The summed E-state index contributed by atoms with van der Waals surface area (Å²) in [6.45, 7) is 4.71. The highest BCUT2D eigenvalue weighted by Crippen LogP contribution is 2.24. The highest BCUT2D eigenvalue weighted by atomic mass is 32.2. The van der Waals surface area contributed by atoms with Crippen molar-refractivity contribution >= 4 is 21.4 Å². The van der Waals surface area contributed by atoms with Crippen LogP contribution in [0.5, 0.6) is 0 Å². The number of nitrogens with one attached hydrogen (secondary N) is 2. The molecule has 1 unspecified atom stereocenters. The van der Waals surface area contributed by atoms with Gasteiger partial charge in [-0.1, -0.05) is 12.1 Å². The zero-order valence-electron chi connectivity index (χ0n) is 15.3. The minimum atomic E-state index is -3.38. The van der Waals surface area contributed by atoms with Gasteiger partial charge in [-0.3, -0.25) is 9.69 Å². The summed E-state index contributed by atoms with van der Waals surface area (Å²) in [5.41, 5.74) is 0.353. The first kappa shape index (κ1) is 19.9. The normalized spacial score (nSPS) is 18.0. The summed E-state index contributed by atoms with van der Waals surface area (Å²) in [7, 11) is -1.41. The monoisotopic (exact) mass is 367 g/mol. The average molecular weight is 368 g/mol. The second-order valence-electron chi connectivity index (χ2n) is 6.81. The molecule has 1 aromatic rings. The van der Waals surface area contributed by atoms with Crippen LogP contribution in [0.15, 0.2) is 29.2 Å². The molecule has 1 aromatic carbocycles. The van der Waals surface area contributed by atoms with Crippen LogP contribution in [0.25, 0.3) is 0 Å². The maximum Gasteiger partial charge on any atom is 0.241 e. The van der Waals surface area contributed by atoms with Crippen LogP contribution in [0.2, 0.25) is 0 Å². The molecule has 6 nitrogen and oxygen atoms in total. The Morgan fingerprint density at radius 2 is 1.92 bits per heavy atom. The van der Waals surface area contributed by atoms with E-state index in [1.54, 1.807) is 18.2 Å². The van der Waals surface area contributed by atoms with E-state index in [2.05, 4.69) is 15.5 Å². The third kappa shape index (κ3) is 5.52. The van der Waals surface area contributed by atoms with Crippen molar-refractivity contribution in [3.63, 3.8) is 0 Å². The molecule has 1 saturated heterocycles. The Balaban J connectivity index is 1.96. The van der Waals surface area contributed by atoms with Crippen molar-refractivity contribution in [3.8, 4) is 0 Å². The van der Waals surface area contributed by atoms with Gasteiger partial charge in [0.25, 0.3) is 0 Å². The van der Waals surface area contributed by atoms with Crippen LogP contribution < -0.4 is 10.6 Å². The average Bonchev–Trinajstić information content (AvgIpc) is 2.59. The summed E-state index contributed by atoms with van der Waals surface area (Å²) in [5.74, 6) is 0.551. The molecule has 7 heteroatoms. The Labute approximate surface area is 150 Å². The summed E-state index contributed by atoms with van der Waals surface area (Å²) in [4.78, 5) is 14.9. The molecule has 25 heavy (non-hydrogen) atoms. The van der Waals surface area contributed by atoms with E-state index < -0.39 is 9.84 Å². The van der Waals surface area contributed by atoms with Crippen LogP contribution in [0, 0.1) is 5.92 Å². The third-order valence-electron chi connectivity index (χ3n) is 4.92. The second kappa shape index (κ2) is 8.78. The Hall–Kier alpha value is -1.44. The lowest BCUT2D eigenvalue weighted by Crippen LogP contribution is -2.46. The number of anilines is 1. The molecular weight excluding hydrogens is 338 g/mol. The van der Waals surface area contributed by atoms with Gasteiger partial charge in [-0.2, -0.15) is 0 Å². The quantitative estimate of drug-likeness (QED) is 0.767. The first-order valence-electron chi connectivity index (χ1n) is 8.81. The number of hydrogen-bond acceptors (Lipinski definition) is 5. The number of piperidine rings is 1. The first-order chi connectivity index (χ1) is 11.8. The van der Waals surface area contributed by atoms with Crippen LogP contribution in [0.4, 0.5) is 5.69 Å². The molecule has 1 aliphatic rings. The van der Waals surface area contributed by atoms with Gasteiger partial charge in [-0.25, -0.2) is 8.42 Å². The van der Waals surface area contributed by atoms with Gasteiger partial charge >= 0.3 is 0 Å². The van der Waals surface area contributed by atoms with E-state index in [4.69, 9.17) is 0 Å². The lowest BCUT2D eigenvalue weighted by atomic mass is 9.93. The Morgan fingerprint density at radius 3 is 2.52 bits per heavy atom. The van der Waals surface area contributed by atoms with Gasteiger partial charge in [0.1, 0.15) is 0 Å². The molecule has 1 atom stereocenters. The zero-order chi connectivity index (χ0) is 18.4. The van der Waals surface area contributed by atoms with Crippen LogP contribution in [0.1, 0.15) is 26.2 Å². The van der Waals surface area contributed by atoms with Gasteiger partial charge in [-0.05, 0) is 70.9 Å². The molecule has 0 aromatic heterocycles. The van der Waals surface area contributed by atoms with E-state index in [1.807, 2.05) is 14.0 Å². The summed E-state index contributed by atoms with van der Waals surface area (Å²) in [6.07, 6.45) is 4.52. The zero-order valence-corrected chi connectivity index (χ0v) is 16.1. The van der Waals surface area contributed by atoms with Crippen molar-refractivity contribution in [3.05, 3.63) is 24.3 Å². The molecule has 0 spiro atoms. The van der Waals surface area contributed by atoms with Crippen LogP contribution >= 0.6 is 0 Å². The van der Waals surface area contributed by atoms with Crippen molar-refractivity contribution in [1.82, 2.24) is 10.2 Å². The molecule has 1 fully saturated rings. The van der Waals surface area contributed by atoms with Crippen molar-refractivity contribution in [2.24, 2.45) is 5.92 Å². The van der Waals surface area contributed by atoms with Crippen molar-refractivity contribution in [1.29, 1.82) is 0 Å². The van der Waals surface area contributed by atoms with Crippen LogP contribution in [-0.4, -0.2) is 58.2 Å². The summed E-state index contributed by atoms with van der Waals surface area (Å²) < 4.78 is 23.7. The fourth-order valence-electron chi connectivity index (χ4n) is 3.27. The molecule has 140 valence electrons. The summed E-state index contributed by atoms with van der Waals surface area (Å²) in [5, 5.41) is 5.97. The van der Waals surface area contributed by atoms with E-state index in [0.29, 0.717) is 11.6 Å². The lowest BCUT2D eigenvalue weighted by Gasteiger charge is -2.35. The fourth-order valence-corrected chi connectivity index (χ4v) is 4.12. The number of sulfone groups is 1. The van der Waals surface area contributed by atoms with Gasteiger partial charge in [0, 0.05) is 6.26 Å². The van der Waals surface area contributed by atoms with Gasteiger partial charge in [0.2, 0.25) is 5.91 Å². The number of amides is 1. The Bertz CT molecular complexity index is 683. The van der Waals surface area contributed by atoms with Gasteiger partial charge in [0.05, 0.1) is 16.6 Å². The third-order valence-corrected chi connectivity index (χ3v) is 6.08. The fraction of sp³-hybridized carbons (Fsp3) is 0.611. The SMILES string of the molecule is CNCCC1CCN(C(C)C(=O)Nc2ccccc2S(C)(=O)=O)CC1. The first-order valence-corrected chi connectivity index (χ1v) is 10.7. The number of likely N-dealkylation sites (tertiary alicyclic amines) is 1. The highest BCUT2D eigenvalue weighted by molar-refractivity contribution is 7.90. The number of carbonyl (C=O) groups excluding carboxylic acids is 1. The molecular formula is C18H29N3O3S.